The number of hydrogen-bond acceptors (Lipinski definition) is 5. The first-order valence-electron chi connectivity index (χ1n) is 26.8. The molecule has 368 valence electrons. The van der Waals surface area contributed by atoms with Gasteiger partial charge in [-0.25, -0.2) is 0 Å². The minimum absolute atomic E-state index is 0.00861. The minimum atomic E-state index is -0.818. The summed E-state index contributed by atoms with van der Waals surface area (Å²) in [5.41, 5.74) is 0. The number of amides is 1. The molecule has 6 heteroatoms. The van der Waals surface area contributed by atoms with Crippen molar-refractivity contribution in [2.45, 2.75) is 264 Å². The number of carbonyl (C=O) groups is 2. The molecule has 0 heterocycles. The Hall–Kier alpha value is -2.96. The molecular weight excluding hydrogens is 791 g/mol. The first kappa shape index (κ1) is 61.0. The summed E-state index contributed by atoms with van der Waals surface area (Å²) in [5.74, 6) is -0.595. The highest BCUT2D eigenvalue weighted by Crippen LogP contribution is 2.16. The van der Waals surface area contributed by atoms with Gasteiger partial charge in [0.1, 0.15) is 6.10 Å². The second kappa shape index (κ2) is 51.0. The van der Waals surface area contributed by atoms with Crippen molar-refractivity contribution in [2.75, 3.05) is 6.61 Å². The van der Waals surface area contributed by atoms with Gasteiger partial charge in [0.25, 0.3) is 0 Å². The van der Waals surface area contributed by atoms with Gasteiger partial charge in [0.2, 0.25) is 5.91 Å². The van der Waals surface area contributed by atoms with Crippen LogP contribution in [0.25, 0.3) is 0 Å². The van der Waals surface area contributed by atoms with E-state index in [-0.39, 0.29) is 24.9 Å². The molecule has 3 N–H and O–H groups in total. The topological polar surface area (TPSA) is 95.9 Å². The Morgan fingerprint density at radius 1 is 0.500 bits per heavy atom. The third kappa shape index (κ3) is 45.6. The zero-order chi connectivity index (χ0) is 46.7. The average molecular weight is 892 g/mol. The van der Waals surface area contributed by atoms with Crippen LogP contribution in [0.5, 0.6) is 0 Å². The SMILES string of the molecule is CC/C=C\C/C=C\C/C=C\C/C=C\C/C=C\CC(CC(=O)NC(CO)C(O)CCCCCCCCCCCCCCCCC)OC(=O)CCCCCCCC/C=C/C=C/CCCCC. The highest BCUT2D eigenvalue weighted by atomic mass is 16.5. The monoisotopic (exact) mass is 892 g/mol. The highest BCUT2D eigenvalue weighted by molar-refractivity contribution is 5.77. The van der Waals surface area contributed by atoms with E-state index in [4.69, 9.17) is 4.74 Å². The number of aliphatic hydroxyl groups excluding tert-OH is 2. The lowest BCUT2D eigenvalue weighted by Gasteiger charge is -2.24. The number of unbranched alkanes of at least 4 members (excludes halogenated alkanes) is 23. The van der Waals surface area contributed by atoms with Crippen LogP contribution in [-0.4, -0.2) is 46.9 Å². The van der Waals surface area contributed by atoms with Crippen LogP contribution >= 0.6 is 0 Å². The summed E-state index contributed by atoms with van der Waals surface area (Å²) in [7, 11) is 0. The van der Waals surface area contributed by atoms with E-state index < -0.39 is 18.2 Å². The number of nitrogens with one attached hydrogen (secondary N) is 1. The second-order valence-corrected chi connectivity index (χ2v) is 17.9. The normalized spacial score (nSPS) is 13.9. The summed E-state index contributed by atoms with van der Waals surface area (Å²) in [4.78, 5) is 26.1. The predicted octanol–water partition coefficient (Wildman–Crippen LogP) is 16.3. The Balaban J connectivity index is 4.72. The van der Waals surface area contributed by atoms with E-state index in [2.05, 4.69) is 99.0 Å². The fourth-order valence-corrected chi connectivity index (χ4v) is 7.68. The molecule has 0 spiro atoms. The fourth-order valence-electron chi connectivity index (χ4n) is 7.68. The number of rotatable bonds is 47. The van der Waals surface area contributed by atoms with Gasteiger partial charge in [-0.05, 0) is 70.6 Å². The van der Waals surface area contributed by atoms with Crippen molar-refractivity contribution >= 4 is 11.9 Å². The molecule has 0 bridgehead atoms. The smallest absolute Gasteiger partial charge is 0.306 e. The molecule has 0 saturated carbocycles. The Kier molecular flexibility index (Phi) is 48.7. The minimum Gasteiger partial charge on any atom is -0.461 e. The molecule has 0 radical (unpaired) electrons. The van der Waals surface area contributed by atoms with E-state index in [0.717, 1.165) is 77.0 Å². The molecule has 0 aliphatic rings. The molecule has 3 atom stereocenters. The fraction of sp³-hybridized carbons (Fsp3) is 0.724. The van der Waals surface area contributed by atoms with Crippen molar-refractivity contribution in [2.24, 2.45) is 0 Å². The third-order valence-electron chi connectivity index (χ3n) is 11.7. The lowest BCUT2D eigenvalue weighted by atomic mass is 10.0. The van der Waals surface area contributed by atoms with Crippen LogP contribution in [0, 0.1) is 0 Å². The van der Waals surface area contributed by atoms with E-state index in [1.165, 1.54) is 122 Å². The highest BCUT2D eigenvalue weighted by Gasteiger charge is 2.23. The molecule has 0 aliphatic heterocycles. The van der Waals surface area contributed by atoms with Crippen LogP contribution < -0.4 is 5.32 Å². The van der Waals surface area contributed by atoms with E-state index in [9.17, 15) is 19.8 Å². The zero-order valence-corrected chi connectivity index (χ0v) is 41.9. The Morgan fingerprint density at radius 2 is 0.906 bits per heavy atom. The summed E-state index contributed by atoms with van der Waals surface area (Å²) in [6.45, 7) is 6.31. The van der Waals surface area contributed by atoms with Crippen LogP contribution in [0.4, 0.5) is 0 Å². The summed E-state index contributed by atoms with van der Waals surface area (Å²) in [5, 5.41) is 23.8. The molecule has 0 fully saturated rings. The van der Waals surface area contributed by atoms with Crippen molar-refractivity contribution in [3.05, 3.63) is 85.1 Å². The number of carbonyl (C=O) groups excluding carboxylic acids is 2. The van der Waals surface area contributed by atoms with Gasteiger partial charge >= 0.3 is 5.97 Å². The lowest BCUT2D eigenvalue weighted by Crippen LogP contribution is -2.46. The van der Waals surface area contributed by atoms with Gasteiger partial charge in [-0.15, -0.1) is 0 Å². The molecule has 0 aromatic carbocycles. The lowest BCUT2D eigenvalue weighted by molar-refractivity contribution is -0.150. The van der Waals surface area contributed by atoms with Gasteiger partial charge in [-0.1, -0.05) is 241 Å². The first-order valence-corrected chi connectivity index (χ1v) is 26.8. The van der Waals surface area contributed by atoms with E-state index in [1.54, 1.807) is 0 Å². The Morgan fingerprint density at radius 3 is 1.39 bits per heavy atom. The van der Waals surface area contributed by atoms with Crippen molar-refractivity contribution in [3.63, 3.8) is 0 Å². The molecule has 0 aromatic heterocycles. The van der Waals surface area contributed by atoms with Crippen LogP contribution in [0.3, 0.4) is 0 Å². The van der Waals surface area contributed by atoms with Crippen molar-refractivity contribution in [3.8, 4) is 0 Å². The van der Waals surface area contributed by atoms with E-state index in [1.807, 2.05) is 12.2 Å². The van der Waals surface area contributed by atoms with Crippen molar-refractivity contribution < 1.29 is 24.5 Å². The number of hydrogen-bond donors (Lipinski definition) is 3. The van der Waals surface area contributed by atoms with Crippen LogP contribution in [0.2, 0.25) is 0 Å². The van der Waals surface area contributed by atoms with Gasteiger partial charge < -0.3 is 20.3 Å². The maximum atomic E-state index is 13.2. The van der Waals surface area contributed by atoms with Gasteiger partial charge in [-0.2, -0.15) is 0 Å². The Bertz CT molecular complexity index is 1230. The van der Waals surface area contributed by atoms with Gasteiger partial charge in [0, 0.05) is 12.8 Å². The van der Waals surface area contributed by atoms with Crippen LogP contribution in [0.1, 0.15) is 245 Å². The van der Waals surface area contributed by atoms with Crippen LogP contribution in [0.15, 0.2) is 85.1 Å². The predicted molar refractivity (Wildman–Crippen MR) is 278 cm³/mol. The maximum Gasteiger partial charge on any atom is 0.306 e. The molecular formula is C58H101NO5. The number of esters is 1. The van der Waals surface area contributed by atoms with Crippen LogP contribution in [-0.2, 0) is 14.3 Å². The molecule has 3 unspecified atom stereocenters. The second-order valence-electron chi connectivity index (χ2n) is 17.9. The Labute approximate surface area is 395 Å². The summed E-state index contributed by atoms with van der Waals surface area (Å²) in [6.07, 6.45) is 66.6. The van der Waals surface area contributed by atoms with Gasteiger partial charge in [0.05, 0.1) is 25.2 Å². The third-order valence-corrected chi connectivity index (χ3v) is 11.7. The van der Waals surface area contributed by atoms with E-state index in [0.29, 0.717) is 19.3 Å². The summed E-state index contributed by atoms with van der Waals surface area (Å²) >= 11 is 0. The van der Waals surface area contributed by atoms with Gasteiger partial charge in [-0.3, -0.25) is 9.59 Å². The maximum absolute atomic E-state index is 13.2. The number of aliphatic hydroxyl groups is 2. The largest absolute Gasteiger partial charge is 0.461 e. The molecule has 0 rings (SSSR count). The molecule has 0 saturated heterocycles. The van der Waals surface area contributed by atoms with Crippen molar-refractivity contribution in [1.82, 2.24) is 5.32 Å². The standard InChI is InChI=1S/C58H101NO5/c1-4-7-10-13-16-19-22-25-28-31-34-37-40-43-46-49-54(64-58(63)51-48-45-42-39-36-33-30-27-24-21-18-15-12-9-6-3)52-57(62)59-55(53-60)56(61)50-47-44-41-38-35-32-29-26-23-20-17-14-11-8-5-2/h7,10,16,18-19,21,24-25,27-28,34,37,43,46,54-56,60-61H,4-6,8-9,11-15,17,20,22-23,26,29-33,35-36,38-42,44-45,47-53H2,1-3H3,(H,59,62)/b10-7-,19-16-,21-18+,27-24+,28-25-,37-34-,46-43-. The molecule has 0 aliphatic carbocycles. The molecule has 1 amide bonds. The van der Waals surface area contributed by atoms with E-state index >= 15 is 0 Å². The number of ether oxygens (including phenoxy) is 1. The first-order chi connectivity index (χ1) is 31.5. The zero-order valence-electron chi connectivity index (χ0n) is 41.9. The molecule has 0 aromatic rings. The quantitative estimate of drug-likeness (QED) is 0.0245. The van der Waals surface area contributed by atoms with Crippen molar-refractivity contribution in [1.29, 1.82) is 0 Å². The average Bonchev–Trinajstić information content (AvgIpc) is 3.29. The summed E-state index contributed by atoms with van der Waals surface area (Å²) < 4.78 is 5.87. The number of allylic oxidation sites excluding steroid dienone is 13. The summed E-state index contributed by atoms with van der Waals surface area (Å²) in [6, 6.07) is -0.739. The van der Waals surface area contributed by atoms with Gasteiger partial charge in [0.15, 0.2) is 0 Å². The molecule has 6 nitrogen and oxygen atoms in total. The molecule has 64 heavy (non-hydrogen) atoms.